The molecule has 0 atom stereocenters. The van der Waals surface area contributed by atoms with Gasteiger partial charge in [-0.05, 0) is 37.3 Å². The van der Waals surface area contributed by atoms with Crippen LogP contribution in [0.25, 0.3) is 5.69 Å². The summed E-state index contributed by atoms with van der Waals surface area (Å²) < 4.78 is 19.3. The van der Waals surface area contributed by atoms with E-state index in [1.54, 1.807) is 6.92 Å². The van der Waals surface area contributed by atoms with Crippen LogP contribution < -0.4 is 16.0 Å². The second-order valence-electron chi connectivity index (χ2n) is 4.00. The molecule has 1 heterocycles. The van der Waals surface area contributed by atoms with Crippen molar-refractivity contribution in [1.29, 1.82) is 0 Å². The summed E-state index contributed by atoms with van der Waals surface area (Å²) in [5.74, 6) is -1.14. The Balaban J connectivity index is 2.62. The summed E-state index contributed by atoms with van der Waals surface area (Å²) in [4.78, 5) is 23.7. The number of hydrogen-bond acceptors (Lipinski definition) is 3. The monoisotopic (exact) mass is 276 g/mol. The predicted octanol–water partition coefficient (Wildman–Crippen LogP) is 1.47. The fourth-order valence-corrected chi connectivity index (χ4v) is 1.83. The number of carbonyl (C=O) groups is 1. The third-order valence-electron chi connectivity index (χ3n) is 2.71. The van der Waals surface area contributed by atoms with Crippen LogP contribution in [-0.2, 0) is 0 Å². The normalized spacial score (nSPS) is 10.3. The molecule has 0 unspecified atom stereocenters. The minimum absolute atomic E-state index is 0.142. The van der Waals surface area contributed by atoms with Crippen molar-refractivity contribution in [2.24, 2.45) is 5.73 Å². The highest BCUT2D eigenvalue weighted by Crippen LogP contribution is 2.16. The lowest BCUT2D eigenvalue weighted by Gasteiger charge is -2.11. The maximum atomic E-state index is 12.9. The number of ether oxygens (including phenoxy) is 1. The van der Waals surface area contributed by atoms with Crippen molar-refractivity contribution in [1.82, 2.24) is 4.57 Å². The zero-order chi connectivity index (χ0) is 14.7. The van der Waals surface area contributed by atoms with E-state index in [4.69, 9.17) is 10.5 Å². The van der Waals surface area contributed by atoms with Gasteiger partial charge in [-0.15, -0.1) is 0 Å². The number of hydrogen-bond donors (Lipinski definition) is 1. The van der Waals surface area contributed by atoms with Crippen LogP contribution in [0.1, 0.15) is 17.3 Å². The van der Waals surface area contributed by atoms with Crippen molar-refractivity contribution in [2.75, 3.05) is 6.61 Å². The van der Waals surface area contributed by atoms with Gasteiger partial charge in [0.2, 0.25) is 0 Å². The van der Waals surface area contributed by atoms with Gasteiger partial charge in [-0.25, -0.2) is 4.39 Å². The molecular weight excluding hydrogens is 263 g/mol. The molecule has 0 aliphatic carbocycles. The first-order chi connectivity index (χ1) is 9.54. The first kappa shape index (κ1) is 13.8. The lowest BCUT2D eigenvalue weighted by atomic mass is 10.2. The Bertz CT molecular complexity index is 693. The Kier molecular flexibility index (Phi) is 3.84. The van der Waals surface area contributed by atoms with Crippen LogP contribution in [-0.4, -0.2) is 17.1 Å². The largest absolute Gasteiger partial charge is 0.493 e. The van der Waals surface area contributed by atoms with Gasteiger partial charge in [0, 0.05) is 11.9 Å². The highest BCUT2D eigenvalue weighted by molar-refractivity contribution is 5.95. The van der Waals surface area contributed by atoms with Crippen LogP contribution in [0.4, 0.5) is 4.39 Å². The van der Waals surface area contributed by atoms with E-state index in [1.165, 1.54) is 41.1 Å². The summed E-state index contributed by atoms with van der Waals surface area (Å²) in [6.45, 7) is 2.04. The average Bonchev–Trinajstić information content (AvgIpc) is 2.40. The van der Waals surface area contributed by atoms with Crippen LogP contribution in [0.5, 0.6) is 5.75 Å². The van der Waals surface area contributed by atoms with Crippen LogP contribution in [0.15, 0.2) is 41.3 Å². The van der Waals surface area contributed by atoms with Gasteiger partial charge in [0.25, 0.3) is 11.5 Å². The molecule has 2 rings (SSSR count). The van der Waals surface area contributed by atoms with Gasteiger partial charge in [0.05, 0.1) is 6.61 Å². The Morgan fingerprint density at radius 1 is 1.30 bits per heavy atom. The lowest BCUT2D eigenvalue weighted by molar-refractivity contribution is 0.0994. The number of benzene rings is 1. The van der Waals surface area contributed by atoms with Crippen molar-refractivity contribution in [3.63, 3.8) is 0 Å². The minimum Gasteiger partial charge on any atom is -0.493 e. The van der Waals surface area contributed by atoms with Crippen LogP contribution in [0.3, 0.4) is 0 Å². The van der Waals surface area contributed by atoms with Gasteiger partial charge in [0.1, 0.15) is 17.1 Å². The van der Waals surface area contributed by atoms with Crippen LogP contribution >= 0.6 is 0 Å². The molecule has 1 aromatic carbocycles. The molecule has 0 aliphatic rings. The van der Waals surface area contributed by atoms with Gasteiger partial charge < -0.3 is 10.5 Å². The number of carbonyl (C=O) groups excluding carboxylic acids is 1. The number of primary amides is 1. The average molecular weight is 276 g/mol. The summed E-state index contributed by atoms with van der Waals surface area (Å²) in [5.41, 5.74) is 4.83. The van der Waals surface area contributed by atoms with E-state index in [2.05, 4.69) is 0 Å². The van der Waals surface area contributed by atoms with Gasteiger partial charge in [-0.1, -0.05) is 0 Å². The summed E-state index contributed by atoms with van der Waals surface area (Å²) in [6, 6.07) is 6.79. The van der Waals surface area contributed by atoms with Crippen LogP contribution in [0, 0.1) is 5.82 Å². The number of rotatable bonds is 4. The summed E-state index contributed by atoms with van der Waals surface area (Å²) in [7, 11) is 0. The second-order valence-corrected chi connectivity index (χ2v) is 4.00. The third-order valence-corrected chi connectivity index (χ3v) is 2.71. The Morgan fingerprint density at radius 3 is 2.50 bits per heavy atom. The molecule has 0 fully saturated rings. The van der Waals surface area contributed by atoms with Crippen molar-refractivity contribution >= 4 is 5.91 Å². The van der Waals surface area contributed by atoms with E-state index in [-0.39, 0.29) is 11.3 Å². The summed E-state index contributed by atoms with van der Waals surface area (Å²) >= 11 is 0. The van der Waals surface area contributed by atoms with Crippen molar-refractivity contribution in [3.05, 3.63) is 58.3 Å². The van der Waals surface area contributed by atoms with Crippen molar-refractivity contribution in [3.8, 4) is 11.4 Å². The highest BCUT2D eigenvalue weighted by Gasteiger charge is 2.17. The van der Waals surface area contributed by atoms with Crippen molar-refractivity contribution < 1.29 is 13.9 Å². The Morgan fingerprint density at radius 2 is 1.95 bits per heavy atom. The van der Waals surface area contributed by atoms with E-state index in [1.807, 2.05) is 0 Å². The van der Waals surface area contributed by atoms with Gasteiger partial charge in [-0.3, -0.25) is 14.2 Å². The van der Waals surface area contributed by atoms with E-state index < -0.39 is 17.3 Å². The van der Waals surface area contributed by atoms with Crippen molar-refractivity contribution in [2.45, 2.75) is 6.92 Å². The Labute approximate surface area is 114 Å². The predicted molar refractivity (Wildman–Crippen MR) is 71.7 cm³/mol. The molecule has 1 amide bonds. The molecule has 104 valence electrons. The molecule has 20 heavy (non-hydrogen) atoms. The number of halogens is 1. The first-order valence-electron chi connectivity index (χ1n) is 5.98. The minimum atomic E-state index is -0.866. The molecular formula is C14H13FN2O3. The van der Waals surface area contributed by atoms with Gasteiger partial charge in [0.15, 0.2) is 0 Å². The van der Waals surface area contributed by atoms with E-state index >= 15 is 0 Å². The number of pyridine rings is 1. The Hall–Kier alpha value is -2.63. The smallest absolute Gasteiger partial charge is 0.271 e. The fraction of sp³-hybridized carbons (Fsp3) is 0.143. The standard InChI is InChI=1S/C14H13FN2O3/c1-2-20-11-7-8-17(14(19)12(11)13(16)18)10-5-3-9(15)4-6-10/h3-8H,2H2,1H3,(H2,16,18). The quantitative estimate of drug-likeness (QED) is 0.919. The molecule has 0 bridgehead atoms. The molecule has 0 saturated carbocycles. The van der Waals surface area contributed by atoms with E-state index in [9.17, 15) is 14.0 Å². The van der Waals surface area contributed by atoms with Crippen LogP contribution in [0.2, 0.25) is 0 Å². The number of nitrogens with zero attached hydrogens (tertiary/aromatic N) is 1. The molecule has 5 nitrogen and oxygen atoms in total. The second kappa shape index (κ2) is 5.56. The summed E-state index contributed by atoms with van der Waals surface area (Å²) in [6.07, 6.45) is 1.45. The molecule has 0 spiro atoms. The molecule has 6 heteroatoms. The zero-order valence-corrected chi connectivity index (χ0v) is 10.8. The lowest BCUT2D eigenvalue weighted by Crippen LogP contribution is -2.29. The third kappa shape index (κ3) is 2.54. The molecule has 2 N–H and O–H groups in total. The molecule has 1 aromatic heterocycles. The maximum Gasteiger partial charge on any atom is 0.271 e. The first-order valence-corrected chi connectivity index (χ1v) is 5.98. The topological polar surface area (TPSA) is 74.3 Å². The number of amides is 1. The molecule has 0 aliphatic heterocycles. The number of aromatic nitrogens is 1. The van der Waals surface area contributed by atoms with E-state index in [0.717, 1.165) is 0 Å². The molecule has 0 saturated heterocycles. The molecule has 0 radical (unpaired) electrons. The SMILES string of the molecule is CCOc1ccn(-c2ccc(F)cc2)c(=O)c1C(N)=O. The fourth-order valence-electron chi connectivity index (χ4n) is 1.83. The summed E-state index contributed by atoms with van der Waals surface area (Å²) in [5, 5.41) is 0. The molecule has 2 aromatic rings. The number of nitrogens with two attached hydrogens (primary N) is 1. The zero-order valence-electron chi connectivity index (χ0n) is 10.8. The van der Waals surface area contributed by atoms with E-state index in [0.29, 0.717) is 12.3 Å². The highest BCUT2D eigenvalue weighted by atomic mass is 19.1. The maximum absolute atomic E-state index is 12.9. The van der Waals surface area contributed by atoms with Gasteiger partial charge in [-0.2, -0.15) is 0 Å². The van der Waals surface area contributed by atoms with Gasteiger partial charge >= 0.3 is 0 Å².